The predicted molar refractivity (Wildman–Crippen MR) is 53.3 cm³/mol. The molecule has 0 aromatic heterocycles. The van der Waals surface area contributed by atoms with Gasteiger partial charge in [-0.3, -0.25) is 14.4 Å². The lowest BCUT2D eigenvalue weighted by Gasteiger charge is -2.23. The number of hydroxylamine groups is 1. The van der Waals surface area contributed by atoms with Crippen LogP contribution in [-0.4, -0.2) is 50.3 Å². The van der Waals surface area contributed by atoms with Gasteiger partial charge in [0.1, 0.15) is 12.6 Å². The Labute approximate surface area is 92.8 Å². The fourth-order valence-corrected chi connectivity index (χ4v) is 1.66. The fourth-order valence-electron chi connectivity index (χ4n) is 1.66. The van der Waals surface area contributed by atoms with Gasteiger partial charge in [0, 0.05) is 13.1 Å². The Morgan fingerprint density at radius 1 is 1.56 bits per heavy atom. The zero-order valence-electron chi connectivity index (χ0n) is 8.82. The van der Waals surface area contributed by atoms with Gasteiger partial charge in [0.25, 0.3) is 5.91 Å². The first-order chi connectivity index (χ1) is 7.75. The molecule has 2 atom stereocenters. The lowest BCUT2D eigenvalue weighted by atomic mass is 10.2. The van der Waals surface area contributed by atoms with Gasteiger partial charge in [-0.2, -0.15) is 0 Å². The van der Waals surface area contributed by atoms with Gasteiger partial charge in [-0.25, -0.2) is 5.48 Å². The largest absolute Gasteiger partial charge is 0.375 e. The van der Waals surface area contributed by atoms with Crippen LogP contribution in [0.5, 0.6) is 0 Å². The summed E-state index contributed by atoms with van der Waals surface area (Å²) in [6.45, 7) is 2.27. The van der Waals surface area contributed by atoms with Crippen molar-refractivity contribution in [2.75, 3.05) is 26.3 Å². The number of amides is 2. The van der Waals surface area contributed by atoms with Crippen LogP contribution in [0.2, 0.25) is 0 Å². The molecule has 2 fully saturated rings. The molecule has 1 unspecified atom stereocenters. The second-order valence-electron chi connectivity index (χ2n) is 3.80. The summed E-state index contributed by atoms with van der Waals surface area (Å²) in [4.78, 5) is 27.4. The summed E-state index contributed by atoms with van der Waals surface area (Å²) >= 11 is 0. The van der Waals surface area contributed by atoms with Crippen molar-refractivity contribution in [1.29, 1.82) is 0 Å². The highest BCUT2D eigenvalue weighted by Crippen LogP contribution is 2.02. The summed E-state index contributed by atoms with van der Waals surface area (Å²) in [5, 5.41) is 5.73. The molecule has 2 saturated heterocycles. The van der Waals surface area contributed by atoms with E-state index in [1.165, 1.54) is 0 Å². The third kappa shape index (κ3) is 2.91. The van der Waals surface area contributed by atoms with E-state index in [0.29, 0.717) is 13.2 Å². The number of hydrogen-bond donors (Lipinski definition) is 3. The summed E-state index contributed by atoms with van der Waals surface area (Å²) in [7, 11) is 0. The second-order valence-corrected chi connectivity index (χ2v) is 3.80. The van der Waals surface area contributed by atoms with Gasteiger partial charge in [0.15, 0.2) is 0 Å². The number of rotatable bonds is 3. The van der Waals surface area contributed by atoms with Gasteiger partial charge in [0.2, 0.25) is 5.91 Å². The van der Waals surface area contributed by atoms with E-state index in [1.54, 1.807) is 0 Å². The first kappa shape index (κ1) is 11.3. The molecule has 2 rings (SSSR count). The molecule has 0 bridgehead atoms. The van der Waals surface area contributed by atoms with Gasteiger partial charge in [-0.15, -0.1) is 0 Å². The van der Waals surface area contributed by atoms with Crippen LogP contribution in [0, 0.1) is 0 Å². The maximum atomic E-state index is 11.6. The SMILES string of the molecule is O=C(CC1CNCCO1)N[C@@H]1CONC1=O. The van der Waals surface area contributed by atoms with E-state index in [9.17, 15) is 9.59 Å². The standard InChI is InChI=1S/C9H15N3O4/c13-8(3-6-4-10-1-2-15-6)11-7-5-16-12-9(7)14/h6-7,10H,1-5H2,(H,11,13)(H,12,14)/t6?,7-/m1/s1. The molecule has 0 aromatic carbocycles. The van der Waals surface area contributed by atoms with Crippen molar-refractivity contribution in [3.05, 3.63) is 0 Å². The number of morpholine rings is 1. The minimum Gasteiger partial charge on any atom is -0.375 e. The van der Waals surface area contributed by atoms with Gasteiger partial charge < -0.3 is 15.4 Å². The van der Waals surface area contributed by atoms with Crippen molar-refractivity contribution in [1.82, 2.24) is 16.1 Å². The van der Waals surface area contributed by atoms with Crippen LogP contribution >= 0.6 is 0 Å². The number of ether oxygens (including phenoxy) is 1. The molecule has 90 valence electrons. The molecule has 16 heavy (non-hydrogen) atoms. The lowest BCUT2D eigenvalue weighted by molar-refractivity contribution is -0.130. The van der Waals surface area contributed by atoms with E-state index in [0.717, 1.165) is 6.54 Å². The molecule has 0 radical (unpaired) electrons. The van der Waals surface area contributed by atoms with Gasteiger partial charge in [0.05, 0.1) is 19.1 Å². The fraction of sp³-hybridized carbons (Fsp3) is 0.778. The van der Waals surface area contributed by atoms with E-state index < -0.39 is 6.04 Å². The van der Waals surface area contributed by atoms with Gasteiger partial charge in [-0.1, -0.05) is 0 Å². The minimum absolute atomic E-state index is 0.112. The monoisotopic (exact) mass is 229 g/mol. The van der Waals surface area contributed by atoms with Gasteiger partial charge in [-0.05, 0) is 0 Å². The Bertz CT molecular complexity index is 278. The molecule has 2 aliphatic heterocycles. The highest BCUT2D eigenvalue weighted by molar-refractivity contribution is 5.88. The minimum atomic E-state index is -0.580. The lowest BCUT2D eigenvalue weighted by Crippen LogP contribution is -2.45. The quantitative estimate of drug-likeness (QED) is 0.516. The molecule has 3 N–H and O–H groups in total. The van der Waals surface area contributed by atoms with E-state index in [-0.39, 0.29) is 30.9 Å². The first-order valence-corrected chi connectivity index (χ1v) is 5.29. The summed E-state index contributed by atoms with van der Waals surface area (Å²) in [5.41, 5.74) is 2.18. The third-order valence-electron chi connectivity index (χ3n) is 2.49. The summed E-state index contributed by atoms with van der Waals surface area (Å²) in [6.07, 6.45) is 0.149. The zero-order valence-corrected chi connectivity index (χ0v) is 8.82. The molecule has 2 heterocycles. The maximum absolute atomic E-state index is 11.6. The molecule has 2 amide bonds. The van der Waals surface area contributed by atoms with Crippen LogP contribution < -0.4 is 16.1 Å². The first-order valence-electron chi connectivity index (χ1n) is 5.29. The summed E-state index contributed by atoms with van der Waals surface area (Å²) in [6, 6.07) is -0.580. The van der Waals surface area contributed by atoms with Crippen LogP contribution in [0.1, 0.15) is 6.42 Å². The normalized spacial score (nSPS) is 29.9. The summed E-state index contributed by atoms with van der Waals surface area (Å²) in [5.74, 6) is -0.504. The van der Waals surface area contributed by atoms with Gasteiger partial charge >= 0.3 is 0 Å². The third-order valence-corrected chi connectivity index (χ3v) is 2.49. The Morgan fingerprint density at radius 3 is 3.06 bits per heavy atom. The molecule has 7 nitrogen and oxygen atoms in total. The zero-order chi connectivity index (χ0) is 11.4. The van der Waals surface area contributed by atoms with Crippen molar-refractivity contribution in [3.63, 3.8) is 0 Å². The van der Waals surface area contributed by atoms with Crippen LogP contribution in [-0.2, 0) is 19.2 Å². The number of nitrogens with one attached hydrogen (secondary N) is 3. The van der Waals surface area contributed by atoms with Crippen molar-refractivity contribution in [3.8, 4) is 0 Å². The molecule has 0 saturated carbocycles. The van der Waals surface area contributed by atoms with E-state index in [4.69, 9.17) is 9.57 Å². The van der Waals surface area contributed by atoms with Crippen molar-refractivity contribution in [2.24, 2.45) is 0 Å². The number of hydrogen-bond acceptors (Lipinski definition) is 5. The van der Waals surface area contributed by atoms with Crippen LogP contribution in [0.3, 0.4) is 0 Å². The summed E-state index contributed by atoms with van der Waals surface area (Å²) < 4.78 is 5.38. The Hall–Kier alpha value is -1.18. The van der Waals surface area contributed by atoms with E-state index >= 15 is 0 Å². The van der Waals surface area contributed by atoms with Crippen molar-refractivity contribution >= 4 is 11.8 Å². The smallest absolute Gasteiger partial charge is 0.268 e. The van der Waals surface area contributed by atoms with E-state index in [2.05, 4.69) is 16.1 Å². The second kappa shape index (κ2) is 5.24. The predicted octanol–water partition coefficient (Wildman–Crippen LogP) is -2.09. The van der Waals surface area contributed by atoms with Crippen LogP contribution in [0.15, 0.2) is 0 Å². The molecular formula is C9H15N3O4. The average molecular weight is 229 g/mol. The number of carbonyl (C=O) groups excluding carboxylic acids is 2. The van der Waals surface area contributed by atoms with Crippen LogP contribution in [0.25, 0.3) is 0 Å². The van der Waals surface area contributed by atoms with Crippen LogP contribution in [0.4, 0.5) is 0 Å². The topological polar surface area (TPSA) is 88.7 Å². The Kier molecular flexibility index (Phi) is 3.70. The average Bonchev–Trinajstić information content (AvgIpc) is 2.66. The molecule has 0 aromatic rings. The Morgan fingerprint density at radius 2 is 2.44 bits per heavy atom. The molecule has 0 aliphatic carbocycles. The number of carbonyl (C=O) groups is 2. The molecule has 2 aliphatic rings. The van der Waals surface area contributed by atoms with Crippen molar-refractivity contribution in [2.45, 2.75) is 18.6 Å². The molecule has 0 spiro atoms. The molecule has 7 heteroatoms. The highest BCUT2D eigenvalue weighted by Gasteiger charge is 2.28. The highest BCUT2D eigenvalue weighted by atomic mass is 16.7. The van der Waals surface area contributed by atoms with E-state index in [1.807, 2.05) is 0 Å². The van der Waals surface area contributed by atoms with Crippen molar-refractivity contribution < 1.29 is 19.2 Å². The Balaban J connectivity index is 1.72. The maximum Gasteiger partial charge on any atom is 0.268 e. The molecular weight excluding hydrogens is 214 g/mol.